The van der Waals surface area contributed by atoms with Crippen LogP contribution in [0.3, 0.4) is 0 Å². The van der Waals surface area contributed by atoms with Gasteiger partial charge in [0.25, 0.3) is 0 Å². The monoisotopic (exact) mass is 277 g/mol. The molecule has 0 aromatic carbocycles. The molecular formula is C16H27N3O. The molecule has 1 aliphatic rings. The van der Waals surface area contributed by atoms with Crippen LogP contribution in [-0.2, 0) is 0 Å². The Balaban J connectivity index is 2.00. The summed E-state index contributed by atoms with van der Waals surface area (Å²) in [6, 6.07) is 1.93. The Labute approximate surface area is 122 Å². The molecule has 1 N–H and O–H groups in total. The highest BCUT2D eigenvalue weighted by Crippen LogP contribution is 2.39. The summed E-state index contributed by atoms with van der Waals surface area (Å²) in [6.45, 7) is 8.26. The van der Waals surface area contributed by atoms with Crippen molar-refractivity contribution in [1.29, 1.82) is 0 Å². The molecule has 1 aromatic rings. The first-order chi connectivity index (χ1) is 9.72. The Morgan fingerprint density at radius 2 is 2.10 bits per heavy atom. The Hall–Kier alpha value is -1.32. The molecule has 1 aromatic heterocycles. The van der Waals surface area contributed by atoms with Gasteiger partial charge < -0.3 is 10.1 Å². The van der Waals surface area contributed by atoms with Gasteiger partial charge in [-0.25, -0.2) is 4.98 Å². The minimum Gasteiger partial charge on any atom is -0.477 e. The predicted molar refractivity (Wildman–Crippen MR) is 82.4 cm³/mol. The third-order valence-electron chi connectivity index (χ3n) is 3.52. The maximum atomic E-state index is 5.87. The molecule has 1 atom stereocenters. The predicted octanol–water partition coefficient (Wildman–Crippen LogP) is 3.99. The van der Waals surface area contributed by atoms with Crippen LogP contribution in [0.25, 0.3) is 0 Å². The van der Waals surface area contributed by atoms with E-state index >= 15 is 0 Å². The summed E-state index contributed by atoms with van der Waals surface area (Å²) in [5, 5.41) is 3.34. The van der Waals surface area contributed by atoms with Gasteiger partial charge in [0, 0.05) is 18.5 Å². The van der Waals surface area contributed by atoms with Crippen molar-refractivity contribution in [3.63, 3.8) is 0 Å². The highest BCUT2D eigenvalue weighted by molar-refractivity contribution is 5.39. The molecule has 1 aliphatic carbocycles. The number of ether oxygens (including phenoxy) is 1. The van der Waals surface area contributed by atoms with Gasteiger partial charge in [0.2, 0.25) is 5.88 Å². The lowest BCUT2D eigenvalue weighted by molar-refractivity contribution is 0.242. The summed E-state index contributed by atoms with van der Waals surface area (Å²) in [5.74, 6) is 3.70. The molecule has 0 bridgehead atoms. The van der Waals surface area contributed by atoms with Crippen molar-refractivity contribution in [3.8, 4) is 5.88 Å². The van der Waals surface area contributed by atoms with Crippen LogP contribution < -0.4 is 10.1 Å². The summed E-state index contributed by atoms with van der Waals surface area (Å²) in [5.41, 5.74) is 0. The SMILES string of the molecule is CCCNc1cc(OCC(C)CCC)nc(C2CC2)n1. The number of aromatic nitrogens is 2. The van der Waals surface area contributed by atoms with Crippen LogP contribution >= 0.6 is 0 Å². The quantitative estimate of drug-likeness (QED) is 0.741. The Kier molecular flexibility index (Phi) is 5.62. The van der Waals surface area contributed by atoms with Crippen molar-refractivity contribution < 1.29 is 4.74 Å². The summed E-state index contributed by atoms with van der Waals surface area (Å²) in [7, 11) is 0. The molecule has 112 valence electrons. The number of rotatable bonds is 9. The molecule has 2 rings (SSSR count). The van der Waals surface area contributed by atoms with E-state index in [9.17, 15) is 0 Å². The summed E-state index contributed by atoms with van der Waals surface area (Å²) in [4.78, 5) is 9.16. The van der Waals surface area contributed by atoms with Gasteiger partial charge in [-0.3, -0.25) is 0 Å². The number of anilines is 1. The molecule has 4 heteroatoms. The summed E-state index contributed by atoms with van der Waals surface area (Å²) >= 11 is 0. The lowest BCUT2D eigenvalue weighted by Crippen LogP contribution is -2.11. The highest BCUT2D eigenvalue weighted by atomic mass is 16.5. The largest absolute Gasteiger partial charge is 0.477 e. The molecule has 20 heavy (non-hydrogen) atoms. The lowest BCUT2D eigenvalue weighted by Gasteiger charge is -2.13. The molecule has 1 saturated carbocycles. The standard InChI is InChI=1S/C16H27N3O/c1-4-6-12(3)11-20-15-10-14(17-9-5-2)18-16(19-15)13-7-8-13/h10,12-13H,4-9,11H2,1-3H3,(H,17,18,19). The van der Waals surface area contributed by atoms with E-state index in [4.69, 9.17) is 4.74 Å². The second-order valence-electron chi connectivity index (χ2n) is 5.86. The average molecular weight is 277 g/mol. The van der Waals surface area contributed by atoms with Crippen molar-refractivity contribution in [3.05, 3.63) is 11.9 Å². The van der Waals surface area contributed by atoms with E-state index in [1.807, 2.05) is 6.07 Å². The lowest BCUT2D eigenvalue weighted by atomic mass is 10.1. The topological polar surface area (TPSA) is 47.0 Å². The zero-order chi connectivity index (χ0) is 14.4. The van der Waals surface area contributed by atoms with Crippen LogP contribution in [0.2, 0.25) is 0 Å². The normalized spacial score (nSPS) is 15.9. The van der Waals surface area contributed by atoms with Crippen LogP contribution in [0.15, 0.2) is 6.07 Å². The number of hydrogen-bond donors (Lipinski definition) is 1. The fraction of sp³-hybridized carbons (Fsp3) is 0.750. The third-order valence-corrected chi connectivity index (χ3v) is 3.52. The molecule has 0 radical (unpaired) electrons. The summed E-state index contributed by atoms with van der Waals surface area (Å²) < 4.78 is 5.87. The molecule has 1 unspecified atom stereocenters. The number of nitrogens with one attached hydrogen (secondary N) is 1. The Morgan fingerprint density at radius 3 is 2.75 bits per heavy atom. The van der Waals surface area contributed by atoms with E-state index in [2.05, 4.69) is 36.1 Å². The fourth-order valence-electron chi connectivity index (χ4n) is 2.19. The molecule has 1 fully saturated rings. The fourth-order valence-corrected chi connectivity index (χ4v) is 2.19. The molecule has 0 saturated heterocycles. The van der Waals surface area contributed by atoms with Gasteiger partial charge in [0.1, 0.15) is 11.6 Å². The van der Waals surface area contributed by atoms with E-state index in [-0.39, 0.29) is 0 Å². The summed E-state index contributed by atoms with van der Waals surface area (Å²) in [6.07, 6.45) is 5.91. The van der Waals surface area contributed by atoms with Gasteiger partial charge >= 0.3 is 0 Å². The van der Waals surface area contributed by atoms with Crippen molar-refractivity contribution in [2.24, 2.45) is 5.92 Å². The van der Waals surface area contributed by atoms with Crippen LogP contribution in [0.1, 0.15) is 64.6 Å². The molecular weight excluding hydrogens is 250 g/mol. The van der Waals surface area contributed by atoms with Gasteiger partial charge in [0.15, 0.2) is 0 Å². The van der Waals surface area contributed by atoms with Crippen LogP contribution in [0, 0.1) is 5.92 Å². The first-order valence-corrected chi connectivity index (χ1v) is 7.98. The van der Waals surface area contributed by atoms with Crippen molar-refractivity contribution >= 4 is 5.82 Å². The van der Waals surface area contributed by atoms with Gasteiger partial charge in [-0.1, -0.05) is 27.2 Å². The minimum atomic E-state index is 0.550. The molecule has 0 amide bonds. The van der Waals surface area contributed by atoms with Crippen LogP contribution in [-0.4, -0.2) is 23.1 Å². The smallest absolute Gasteiger partial charge is 0.218 e. The van der Waals surface area contributed by atoms with E-state index in [1.165, 1.54) is 25.7 Å². The van der Waals surface area contributed by atoms with Crippen molar-refractivity contribution in [2.45, 2.75) is 58.8 Å². The van der Waals surface area contributed by atoms with Crippen LogP contribution in [0.5, 0.6) is 5.88 Å². The number of hydrogen-bond acceptors (Lipinski definition) is 4. The molecule has 0 spiro atoms. The van der Waals surface area contributed by atoms with Gasteiger partial charge in [0.05, 0.1) is 6.61 Å². The molecule has 1 heterocycles. The molecule has 0 aliphatic heterocycles. The maximum absolute atomic E-state index is 5.87. The van der Waals surface area contributed by atoms with Crippen molar-refractivity contribution in [1.82, 2.24) is 9.97 Å². The zero-order valence-corrected chi connectivity index (χ0v) is 13.0. The van der Waals surface area contributed by atoms with Gasteiger partial charge in [-0.05, 0) is 31.6 Å². The van der Waals surface area contributed by atoms with Crippen molar-refractivity contribution in [2.75, 3.05) is 18.5 Å². The minimum absolute atomic E-state index is 0.550. The van der Waals surface area contributed by atoms with E-state index in [0.29, 0.717) is 11.8 Å². The van der Waals surface area contributed by atoms with E-state index in [0.717, 1.165) is 37.1 Å². The van der Waals surface area contributed by atoms with E-state index < -0.39 is 0 Å². The maximum Gasteiger partial charge on any atom is 0.218 e. The average Bonchev–Trinajstić information content (AvgIpc) is 3.28. The zero-order valence-electron chi connectivity index (χ0n) is 13.0. The highest BCUT2D eigenvalue weighted by Gasteiger charge is 2.27. The van der Waals surface area contributed by atoms with Gasteiger partial charge in [-0.2, -0.15) is 4.98 Å². The first kappa shape index (κ1) is 15.1. The molecule has 4 nitrogen and oxygen atoms in total. The Bertz CT molecular complexity index is 418. The second-order valence-corrected chi connectivity index (χ2v) is 5.86. The second kappa shape index (κ2) is 7.46. The van der Waals surface area contributed by atoms with Crippen LogP contribution in [0.4, 0.5) is 5.82 Å². The van der Waals surface area contributed by atoms with Gasteiger partial charge in [-0.15, -0.1) is 0 Å². The Morgan fingerprint density at radius 1 is 1.30 bits per heavy atom. The number of nitrogens with zero attached hydrogens (tertiary/aromatic N) is 2. The van der Waals surface area contributed by atoms with E-state index in [1.54, 1.807) is 0 Å². The first-order valence-electron chi connectivity index (χ1n) is 7.98. The third kappa shape index (κ3) is 4.66.